The van der Waals surface area contributed by atoms with Gasteiger partial charge in [-0.25, -0.2) is 4.79 Å². The highest BCUT2D eigenvalue weighted by Gasteiger charge is 2.17. The molecule has 1 rings (SSSR count). The van der Waals surface area contributed by atoms with Gasteiger partial charge in [0.2, 0.25) is 0 Å². The van der Waals surface area contributed by atoms with Gasteiger partial charge in [0, 0.05) is 6.20 Å². The van der Waals surface area contributed by atoms with Crippen LogP contribution in [0.3, 0.4) is 0 Å². The molecule has 0 aliphatic rings. The molecule has 0 bridgehead atoms. The maximum atomic E-state index is 10.7. The van der Waals surface area contributed by atoms with Crippen LogP contribution in [0.1, 0.15) is 10.4 Å². The normalized spacial score (nSPS) is 9.67. The van der Waals surface area contributed by atoms with Crippen molar-refractivity contribution in [2.45, 2.75) is 0 Å². The Bertz CT molecular complexity index is 384. The van der Waals surface area contributed by atoms with Crippen LogP contribution in [0.5, 0.6) is 5.75 Å². The number of aromatic amines is 1. The molecule has 0 aliphatic heterocycles. The topological polar surface area (TPSA) is 112 Å². The van der Waals surface area contributed by atoms with Gasteiger partial charge >= 0.3 is 11.9 Å². The number of hydrogen-bond donors (Lipinski definition) is 4. The minimum atomic E-state index is -1.15. The standard InChI is InChI=1S/C8H10N2O5/c1-15-6-4(8(13)14)2-9-7(6)10-3-5(11)12/h2,9-10H,3H2,1H3,(H,11,12)(H,13,14). The predicted octanol–water partition coefficient (Wildman–Crippen LogP) is 0.218. The Morgan fingerprint density at radius 2 is 2.20 bits per heavy atom. The van der Waals surface area contributed by atoms with Gasteiger partial charge in [-0.1, -0.05) is 0 Å². The number of anilines is 1. The van der Waals surface area contributed by atoms with Crippen molar-refractivity contribution in [3.05, 3.63) is 11.8 Å². The smallest absolute Gasteiger partial charge is 0.341 e. The van der Waals surface area contributed by atoms with Gasteiger partial charge in [0.05, 0.1) is 7.11 Å². The molecular weight excluding hydrogens is 204 g/mol. The highest BCUT2D eigenvalue weighted by atomic mass is 16.5. The number of hydrogen-bond acceptors (Lipinski definition) is 4. The van der Waals surface area contributed by atoms with Gasteiger partial charge in [-0.15, -0.1) is 0 Å². The Morgan fingerprint density at radius 1 is 1.53 bits per heavy atom. The summed E-state index contributed by atoms with van der Waals surface area (Å²) in [4.78, 5) is 23.5. The fraction of sp³-hybridized carbons (Fsp3) is 0.250. The highest BCUT2D eigenvalue weighted by molar-refractivity contribution is 5.93. The zero-order valence-electron chi connectivity index (χ0n) is 7.90. The third-order valence-corrected chi connectivity index (χ3v) is 1.68. The summed E-state index contributed by atoms with van der Waals surface area (Å²) in [5.74, 6) is -1.88. The van der Waals surface area contributed by atoms with E-state index in [4.69, 9.17) is 14.9 Å². The zero-order chi connectivity index (χ0) is 11.4. The molecule has 0 atom stereocenters. The summed E-state index contributed by atoms with van der Waals surface area (Å²) in [6.07, 6.45) is 1.23. The number of carboxylic acids is 2. The number of ether oxygens (including phenoxy) is 1. The lowest BCUT2D eigenvalue weighted by Crippen LogP contribution is -2.13. The van der Waals surface area contributed by atoms with E-state index in [2.05, 4.69) is 10.3 Å². The minimum Gasteiger partial charge on any atom is -0.492 e. The second-order valence-electron chi connectivity index (χ2n) is 2.66. The Kier molecular flexibility index (Phi) is 3.17. The van der Waals surface area contributed by atoms with E-state index in [0.717, 1.165) is 0 Å². The summed E-state index contributed by atoms with van der Waals surface area (Å²) in [6, 6.07) is 0. The van der Waals surface area contributed by atoms with Gasteiger partial charge in [-0.05, 0) is 0 Å². The van der Waals surface area contributed by atoms with Gasteiger partial charge in [0.15, 0.2) is 5.75 Å². The van der Waals surface area contributed by atoms with Crippen molar-refractivity contribution < 1.29 is 24.5 Å². The second kappa shape index (κ2) is 4.36. The molecular formula is C8H10N2O5. The quantitative estimate of drug-likeness (QED) is 0.557. The Balaban J connectivity index is 2.89. The average Bonchev–Trinajstić information content (AvgIpc) is 2.57. The van der Waals surface area contributed by atoms with E-state index in [-0.39, 0.29) is 23.7 Å². The molecule has 0 saturated heterocycles. The molecule has 0 spiro atoms. The van der Waals surface area contributed by atoms with Crippen molar-refractivity contribution in [1.29, 1.82) is 0 Å². The molecule has 0 aliphatic carbocycles. The van der Waals surface area contributed by atoms with Crippen molar-refractivity contribution in [2.75, 3.05) is 19.0 Å². The molecule has 0 radical (unpaired) electrons. The van der Waals surface area contributed by atoms with Crippen LogP contribution in [0.4, 0.5) is 5.82 Å². The van der Waals surface area contributed by atoms with E-state index in [1.165, 1.54) is 13.3 Å². The highest BCUT2D eigenvalue weighted by Crippen LogP contribution is 2.27. The van der Waals surface area contributed by atoms with Crippen LogP contribution < -0.4 is 10.1 Å². The first kappa shape index (κ1) is 10.9. The molecule has 0 amide bonds. The average molecular weight is 214 g/mol. The molecule has 0 saturated carbocycles. The number of aromatic nitrogens is 1. The van der Waals surface area contributed by atoms with Crippen LogP contribution in [0.25, 0.3) is 0 Å². The van der Waals surface area contributed by atoms with Gasteiger partial charge in [0.1, 0.15) is 17.9 Å². The van der Waals surface area contributed by atoms with Crippen LogP contribution in [0, 0.1) is 0 Å². The largest absolute Gasteiger partial charge is 0.492 e. The minimum absolute atomic E-state index is 0.0506. The third kappa shape index (κ3) is 2.39. The number of carbonyl (C=O) groups is 2. The molecule has 7 heteroatoms. The first-order chi connectivity index (χ1) is 7.06. The number of methoxy groups -OCH3 is 1. The van der Waals surface area contributed by atoms with E-state index in [1.54, 1.807) is 0 Å². The van der Waals surface area contributed by atoms with Crippen LogP contribution in [0.2, 0.25) is 0 Å². The van der Waals surface area contributed by atoms with Crippen LogP contribution in [0.15, 0.2) is 6.20 Å². The zero-order valence-corrected chi connectivity index (χ0v) is 7.90. The van der Waals surface area contributed by atoms with E-state index >= 15 is 0 Å². The van der Waals surface area contributed by atoms with Crippen LogP contribution in [-0.4, -0.2) is 40.8 Å². The summed E-state index contributed by atoms with van der Waals surface area (Å²) >= 11 is 0. The lowest BCUT2D eigenvalue weighted by atomic mass is 10.3. The fourth-order valence-electron chi connectivity index (χ4n) is 1.08. The summed E-state index contributed by atoms with van der Waals surface area (Å²) in [5.41, 5.74) is -0.0506. The Hall–Kier alpha value is -2.18. The molecule has 1 heterocycles. The second-order valence-corrected chi connectivity index (χ2v) is 2.66. The lowest BCUT2D eigenvalue weighted by molar-refractivity contribution is -0.134. The monoisotopic (exact) mass is 214 g/mol. The third-order valence-electron chi connectivity index (χ3n) is 1.68. The van der Waals surface area contributed by atoms with Gasteiger partial charge in [-0.2, -0.15) is 0 Å². The number of H-pyrrole nitrogens is 1. The van der Waals surface area contributed by atoms with Crippen LogP contribution in [-0.2, 0) is 4.79 Å². The Morgan fingerprint density at radius 3 is 2.67 bits per heavy atom. The van der Waals surface area contributed by atoms with Crippen molar-refractivity contribution in [1.82, 2.24) is 4.98 Å². The molecule has 0 aromatic carbocycles. The fourth-order valence-corrected chi connectivity index (χ4v) is 1.08. The van der Waals surface area contributed by atoms with E-state index in [0.29, 0.717) is 0 Å². The maximum absolute atomic E-state index is 10.7. The SMILES string of the molecule is COc1c(C(=O)O)c[nH]c1NCC(=O)O. The summed E-state index contributed by atoms with van der Waals surface area (Å²) in [6.45, 7) is -0.323. The van der Waals surface area contributed by atoms with Crippen LogP contribution >= 0.6 is 0 Å². The Labute approximate surface area is 84.7 Å². The first-order valence-corrected chi connectivity index (χ1v) is 4.00. The maximum Gasteiger partial charge on any atom is 0.341 e. The molecule has 7 nitrogen and oxygen atoms in total. The first-order valence-electron chi connectivity index (χ1n) is 4.00. The van der Waals surface area contributed by atoms with E-state index in [1.807, 2.05) is 0 Å². The lowest BCUT2D eigenvalue weighted by Gasteiger charge is -2.04. The summed E-state index contributed by atoms with van der Waals surface area (Å²) in [7, 11) is 1.31. The van der Waals surface area contributed by atoms with Crippen molar-refractivity contribution in [2.24, 2.45) is 0 Å². The molecule has 82 valence electrons. The molecule has 4 N–H and O–H groups in total. The molecule has 0 unspecified atom stereocenters. The molecule has 15 heavy (non-hydrogen) atoms. The molecule has 1 aromatic rings. The van der Waals surface area contributed by atoms with Gasteiger partial charge in [-0.3, -0.25) is 4.79 Å². The predicted molar refractivity (Wildman–Crippen MR) is 50.4 cm³/mol. The number of aromatic carboxylic acids is 1. The number of carboxylic acid groups (broad SMARTS) is 2. The van der Waals surface area contributed by atoms with Crippen molar-refractivity contribution in [3.63, 3.8) is 0 Å². The number of aliphatic carboxylic acids is 1. The van der Waals surface area contributed by atoms with Crippen molar-refractivity contribution in [3.8, 4) is 5.75 Å². The van der Waals surface area contributed by atoms with Crippen molar-refractivity contribution >= 4 is 17.8 Å². The van der Waals surface area contributed by atoms with E-state index < -0.39 is 11.9 Å². The molecule has 1 aromatic heterocycles. The van der Waals surface area contributed by atoms with Gasteiger partial charge < -0.3 is 25.3 Å². The number of rotatable bonds is 5. The summed E-state index contributed by atoms with van der Waals surface area (Å²) in [5, 5.41) is 19.7. The number of nitrogens with one attached hydrogen (secondary N) is 2. The molecule has 0 fully saturated rings. The summed E-state index contributed by atoms with van der Waals surface area (Å²) < 4.78 is 4.84. The van der Waals surface area contributed by atoms with E-state index in [9.17, 15) is 9.59 Å². The van der Waals surface area contributed by atoms with Gasteiger partial charge in [0.25, 0.3) is 0 Å².